The zero-order valence-corrected chi connectivity index (χ0v) is 9.89. The number of hydrogen-bond acceptors (Lipinski definition) is 4. The van der Waals surface area contributed by atoms with Gasteiger partial charge in [-0.25, -0.2) is 4.79 Å². The van der Waals surface area contributed by atoms with E-state index in [9.17, 15) is 9.59 Å². The maximum absolute atomic E-state index is 11.7. The van der Waals surface area contributed by atoms with Crippen molar-refractivity contribution in [2.75, 3.05) is 19.1 Å². The van der Waals surface area contributed by atoms with Gasteiger partial charge in [0.2, 0.25) is 0 Å². The van der Waals surface area contributed by atoms with E-state index in [-0.39, 0.29) is 5.91 Å². The minimum Gasteiger partial charge on any atom is -0.479 e. The molecule has 1 aromatic rings. The summed E-state index contributed by atoms with van der Waals surface area (Å²) in [6, 6.07) is 4.87. The third-order valence-electron chi connectivity index (χ3n) is 2.72. The van der Waals surface area contributed by atoms with Crippen molar-refractivity contribution >= 4 is 17.6 Å². The first-order chi connectivity index (χ1) is 8.04. The lowest BCUT2D eigenvalue weighted by Crippen LogP contribution is -2.42. The molecule has 0 saturated heterocycles. The number of nitrogens with zero attached hydrogens (tertiary/aromatic N) is 1. The number of rotatable bonds is 1. The minimum atomic E-state index is -0.503. The van der Waals surface area contributed by atoms with Gasteiger partial charge in [-0.3, -0.25) is 4.79 Å². The third-order valence-corrected chi connectivity index (χ3v) is 2.72. The quantitative estimate of drug-likeness (QED) is 0.687. The van der Waals surface area contributed by atoms with E-state index in [2.05, 4.69) is 4.74 Å². The zero-order valence-electron chi connectivity index (χ0n) is 9.89. The lowest BCUT2D eigenvalue weighted by molar-refractivity contribution is -0.125. The van der Waals surface area contributed by atoms with Gasteiger partial charge in [0.25, 0.3) is 5.91 Å². The molecule has 17 heavy (non-hydrogen) atoms. The summed E-state index contributed by atoms with van der Waals surface area (Å²) in [6.07, 6.45) is -0.503. The molecule has 90 valence electrons. The number of esters is 1. The van der Waals surface area contributed by atoms with Crippen molar-refractivity contribution in [1.82, 2.24) is 0 Å². The molecule has 1 amide bonds. The van der Waals surface area contributed by atoms with Crippen molar-refractivity contribution in [1.29, 1.82) is 0 Å². The average molecular weight is 235 g/mol. The van der Waals surface area contributed by atoms with Crippen LogP contribution in [0.4, 0.5) is 5.69 Å². The number of likely N-dealkylation sites (N-methyl/N-ethyl adjacent to an activating group) is 1. The first-order valence-corrected chi connectivity index (χ1v) is 5.21. The van der Waals surface area contributed by atoms with Gasteiger partial charge in [0.1, 0.15) is 5.75 Å². The number of anilines is 1. The average Bonchev–Trinajstić information content (AvgIpc) is 2.35. The second kappa shape index (κ2) is 4.08. The molecular formula is C12H13NO4. The van der Waals surface area contributed by atoms with Crippen molar-refractivity contribution in [3.63, 3.8) is 0 Å². The fraction of sp³-hybridized carbons (Fsp3) is 0.333. The normalized spacial score (nSPS) is 18.4. The van der Waals surface area contributed by atoms with E-state index in [1.165, 1.54) is 12.0 Å². The van der Waals surface area contributed by atoms with Gasteiger partial charge in [-0.15, -0.1) is 0 Å². The minimum absolute atomic E-state index is 0.139. The Labute approximate surface area is 98.9 Å². The first-order valence-electron chi connectivity index (χ1n) is 5.21. The predicted octanol–water partition coefficient (Wildman–Crippen LogP) is 1.22. The lowest BCUT2D eigenvalue weighted by Gasteiger charge is -2.30. The van der Waals surface area contributed by atoms with Crippen molar-refractivity contribution in [2.45, 2.75) is 13.0 Å². The molecule has 0 fully saturated rings. The summed E-state index contributed by atoms with van der Waals surface area (Å²) in [5.74, 6) is 0.0130. The Morgan fingerprint density at radius 1 is 1.47 bits per heavy atom. The van der Waals surface area contributed by atoms with Gasteiger partial charge >= 0.3 is 5.97 Å². The zero-order chi connectivity index (χ0) is 12.6. The molecule has 0 bridgehead atoms. The van der Waals surface area contributed by atoms with Gasteiger partial charge in [0, 0.05) is 7.05 Å². The molecule has 1 heterocycles. The van der Waals surface area contributed by atoms with Crippen LogP contribution in [0.5, 0.6) is 5.75 Å². The molecule has 0 radical (unpaired) electrons. The van der Waals surface area contributed by atoms with Gasteiger partial charge < -0.3 is 14.4 Å². The molecule has 2 rings (SSSR count). The molecule has 1 unspecified atom stereocenters. The SMILES string of the molecule is COC(=O)c1ccc2c(c1)N(C)C(=O)C(C)O2. The van der Waals surface area contributed by atoms with Crippen molar-refractivity contribution in [3.8, 4) is 5.75 Å². The second-order valence-electron chi connectivity index (χ2n) is 3.83. The molecule has 1 atom stereocenters. The standard InChI is InChI=1S/C12H13NO4/c1-7-11(14)13(2)9-6-8(12(15)16-3)4-5-10(9)17-7/h4-7H,1-3H3. The number of benzene rings is 1. The Balaban J connectivity index is 2.45. The van der Waals surface area contributed by atoms with Gasteiger partial charge in [-0.05, 0) is 25.1 Å². The monoisotopic (exact) mass is 235 g/mol. The van der Waals surface area contributed by atoms with E-state index < -0.39 is 12.1 Å². The Hall–Kier alpha value is -2.04. The van der Waals surface area contributed by atoms with Crippen LogP contribution in [-0.2, 0) is 9.53 Å². The smallest absolute Gasteiger partial charge is 0.337 e. The summed E-state index contributed by atoms with van der Waals surface area (Å²) in [6.45, 7) is 1.69. The number of amides is 1. The number of fused-ring (bicyclic) bond motifs is 1. The van der Waals surface area contributed by atoms with Gasteiger partial charge in [0.05, 0.1) is 18.4 Å². The fourth-order valence-corrected chi connectivity index (χ4v) is 1.76. The summed E-state index contributed by atoms with van der Waals surface area (Å²) >= 11 is 0. The highest BCUT2D eigenvalue weighted by atomic mass is 16.5. The van der Waals surface area contributed by atoms with Crippen LogP contribution in [0.3, 0.4) is 0 Å². The number of carbonyl (C=O) groups is 2. The molecule has 1 aliphatic heterocycles. The molecule has 5 nitrogen and oxygen atoms in total. The molecule has 0 aliphatic carbocycles. The Bertz CT molecular complexity index is 483. The first kappa shape index (κ1) is 11.4. The predicted molar refractivity (Wildman–Crippen MR) is 61.3 cm³/mol. The Morgan fingerprint density at radius 2 is 2.18 bits per heavy atom. The summed E-state index contributed by atoms with van der Waals surface area (Å²) in [5.41, 5.74) is 0.972. The van der Waals surface area contributed by atoms with E-state index in [0.29, 0.717) is 17.0 Å². The highest BCUT2D eigenvalue weighted by Crippen LogP contribution is 2.33. The van der Waals surface area contributed by atoms with E-state index in [1.807, 2.05) is 0 Å². The fourth-order valence-electron chi connectivity index (χ4n) is 1.76. The molecule has 0 spiro atoms. The maximum Gasteiger partial charge on any atom is 0.337 e. The largest absolute Gasteiger partial charge is 0.479 e. The molecule has 0 N–H and O–H groups in total. The molecule has 1 aliphatic rings. The van der Waals surface area contributed by atoms with Crippen LogP contribution in [0.15, 0.2) is 18.2 Å². The molecule has 0 saturated carbocycles. The number of hydrogen-bond donors (Lipinski definition) is 0. The van der Waals surface area contributed by atoms with Crippen LogP contribution >= 0.6 is 0 Å². The summed E-state index contributed by atoms with van der Waals surface area (Å²) in [4.78, 5) is 24.6. The van der Waals surface area contributed by atoms with E-state index >= 15 is 0 Å². The van der Waals surface area contributed by atoms with Crippen LogP contribution in [-0.4, -0.2) is 32.1 Å². The van der Waals surface area contributed by atoms with Crippen LogP contribution in [0, 0.1) is 0 Å². The number of ether oxygens (including phenoxy) is 2. The van der Waals surface area contributed by atoms with Crippen molar-refractivity contribution in [2.24, 2.45) is 0 Å². The Kier molecular flexibility index (Phi) is 2.75. The van der Waals surface area contributed by atoms with Crippen LogP contribution in [0.25, 0.3) is 0 Å². The van der Waals surface area contributed by atoms with E-state index in [4.69, 9.17) is 4.74 Å². The van der Waals surface area contributed by atoms with Crippen LogP contribution in [0.2, 0.25) is 0 Å². The molecule has 5 heteroatoms. The second-order valence-corrected chi connectivity index (χ2v) is 3.83. The summed E-state index contributed by atoms with van der Waals surface area (Å²) < 4.78 is 10.1. The van der Waals surface area contributed by atoms with E-state index in [1.54, 1.807) is 32.2 Å². The van der Waals surface area contributed by atoms with E-state index in [0.717, 1.165) is 0 Å². The van der Waals surface area contributed by atoms with Crippen LogP contribution in [0.1, 0.15) is 17.3 Å². The van der Waals surface area contributed by atoms with Crippen molar-refractivity contribution in [3.05, 3.63) is 23.8 Å². The van der Waals surface area contributed by atoms with Crippen molar-refractivity contribution < 1.29 is 19.1 Å². The highest BCUT2D eigenvalue weighted by Gasteiger charge is 2.29. The summed E-state index contributed by atoms with van der Waals surface area (Å²) in [5, 5.41) is 0. The van der Waals surface area contributed by atoms with Gasteiger partial charge in [-0.2, -0.15) is 0 Å². The molecule has 0 aromatic heterocycles. The molecule has 1 aromatic carbocycles. The molecular weight excluding hydrogens is 222 g/mol. The topological polar surface area (TPSA) is 55.8 Å². The summed E-state index contributed by atoms with van der Waals surface area (Å²) in [7, 11) is 2.97. The van der Waals surface area contributed by atoms with Crippen LogP contribution < -0.4 is 9.64 Å². The maximum atomic E-state index is 11.7. The highest BCUT2D eigenvalue weighted by molar-refractivity contribution is 6.01. The van der Waals surface area contributed by atoms with Gasteiger partial charge in [0.15, 0.2) is 6.10 Å². The number of carbonyl (C=O) groups excluding carboxylic acids is 2. The lowest BCUT2D eigenvalue weighted by atomic mass is 10.1. The third kappa shape index (κ3) is 1.84. The Morgan fingerprint density at radius 3 is 2.82 bits per heavy atom. The van der Waals surface area contributed by atoms with Gasteiger partial charge in [-0.1, -0.05) is 0 Å². The number of methoxy groups -OCH3 is 1.